The number of halogens is 2. The lowest BCUT2D eigenvalue weighted by atomic mass is 10.1. The van der Waals surface area contributed by atoms with E-state index in [0.717, 1.165) is 18.7 Å². The lowest BCUT2D eigenvalue weighted by Crippen LogP contribution is -2.28. The van der Waals surface area contributed by atoms with Crippen LogP contribution in [0.2, 0.25) is 5.02 Å². The third kappa shape index (κ3) is 5.80. The Hall–Kier alpha value is -1.66. The molecule has 2 rings (SSSR count). The summed E-state index contributed by atoms with van der Waals surface area (Å²) in [5, 5.41) is 11.0. The topological polar surface area (TPSA) is 72.4 Å². The van der Waals surface area contributed by atoms with Gasteiger partial charge in [-0.3, -0.25) is 15.0 Å². The maximum Gasteiger partial charge on any atom is 0.287 e. The van der Waals surface area contributed by atoms with Gasteiger partial charge in [-0.2, -0.15) is 0 Å². The zero-order valence-electron chi connectivity index (χ0n) is 12.5. The van der Waals surface area contributed by atoms with E-state index in [0.29, 0.717) is 13.1 Å². The van der Waals surface area contributed by atoms with Crippen molar-refractivity contribution in [2.75, 3.05) is 13.1 Å². The standard InChI is InChI=1S/C16H18ClN3O2.ClH/c17-15-10-14(6-7-16(15)20(21)22)12-19(9-8-18)11-13-4-2-1-3-5-13;/h1-7,10H,8-9,11-12,18H2;1H. The number of nitrogens with two attached hydrogens (primary N) is 1. The normalized spacial score (nSPS) is 10.4. The largest absolute Gasteiger partial charge is 0.329 e. The Morgan fingerprint density at radius 1 is 1.09 bits per heavy atom. The quantitative estimate of drug-likeness (QED) is 0.607. The van der Waals surface area contributed by atoms with Gasteiger partial charge in [0.1, 0.15) is 5.02 Å². The van der Waals surface area contributed by atoms with Crippen molar-refractivity contribution in [3.8, 4) is 0 Å². The highest BCUT2D eigenvalue weighted by molar-refractivity contribution is 6.32. The Kier molecular flexibility index (Phi) is 7.98. The maximum atomic E-state index is 10.8. The summed E-state index contributed by atoms with van der Waals surface area (Å²) in [5.74, 6) is 0. The van der Waals surface area contributed by atoms with E-state index in [9.17, 15) is 10.1 Å². The molecule has 0 aliphatic heterocycles. The average Bonchev–Trinajstić information content (AvgIpc) is 2.48. The van der Waals surface area contributed by atoms with Crippen molar-refractivity contribution in [2.45, 2.75) is 13.1 Å². The average molecular weight is 356 g/mol. The van der Waals surface area contributed by atoms with E-state index in [4.69, 9.17) is 17.3 Å². The van der Waals surface area contributed by atoms with Crippen molar-refractivity contribution in [3.05, 3.63) is 74.8 Å². The fourth-order valence-corrected chi connectivity index (χ4v) is 2.57. The fraction of sp³-hybridized carbons (Fsp3) is 0.250. The molecule has 0 saturated heterocycles. The van der Waals surface area contributed by atoms with Crippen molar-refractivity contribution < 1.29 is 4.92 Å². The summed E-state index contributed by atoms with van der Waals surface area (Å²) in [5.41, 5.74) is 7.73. The fourth-order valence-electron chi connectivity index (χ4n) is 2.29. The van der Waals surface area contributed by atoms with Crippen LogP contribution in [0.25, 0.3) is 0 Å². The molecule has 0 radical (unpaired) electrons. The molecule has 124 valence electrons. The molecule has 5 nitrogen and oxygen atoms in total. The van der Waals surface area contributed by atoms with E-state index >= 15 is 0 Å². The molecule has 0 fully saturated rings. The van der Waals surface area contributed by atoms with E-state index in [1.807, 2.05) is 18.2 Å². The molecule has 2 N–H and O–H groups in total. The van der Waals surface area contributed by atoms with E-state index < -0.39 is 4.92 Å². The van der Waals surface area contributed by atoms with Gasteiger partial charge < -0.3 is 5.73 Å². The zero-order valence-corrected chi connectivity index (χ0v) is 14.1. The van der Waals surface area contributed by atoms with Crippen molar-refractivity contribution in [1.29, 1.82) is 0 Å². The number of nitrogens with zero attached hydrogens (tertiary/aromatic N) is 2. The van der Waals surface area contributed by atoms with Crippen LogP contribution in [0.15, 0.2) is 48.5 Å². The lowest BCUT2D eigenvalue weighted by Gasteiger charge is -2.22. The van der Waals surface area contributed by atoms with E-state index in [1.54, 1.807) is 12.1 Å². The Balaban J connectivity index is 0.00000264. The number of benzene rings is 2. The minimum Gasteiger partial charge on any atom is -0.329 e. The highest BCUT2D eigenvalue weighted by Crippen LogP contribution is 2.25. The van der Waals surface area contributed by atoms with Gasteiger partial charge in [-0.25, -0.2) is 0 Å². The predicted molar refractivity (Wildman–Crippen MR) is 95.0 cm³/mol. The first kappa shape index (κ1) is 19.4. The first-order valence-corrected chi connectivity index (χ1v) is 7.37. The van der Waals surface area contributed by atoms with Crippen LogP contribution in [0.1, 0.15) is 11.1 Å². The van der Waals surface area contributed by atoms with Crippen LogP contribution in [-0.2, 0) is 13.1 Å². The molecule has 0 spiro atoms. The summed E-state index contributed by atoms with van der Waals surface area (Å²) < 4.78 is 0. The molecule has 0 bridgehead atoms. The van der Waals surface area contributed by atoms with Crippen LogP contribution in [0, 0.1) is 10.1 Å². The molecule has 7 heteroatoms. The van der Waals surface area contributed by atoms with Crippen molar-refractivity contribution in [2.24, 2.45) is 5.73 Å². The van der Waals surface area contributed by atoms with Crippen LogP contribution in [0.5, 0.6) is 0 Å². The minimum atomic E-state index is -0.478. The van der Waals surface area contributed by atoms with Crippen LogP contribution in [-0.4, -0.2) is 22.9 Å². The molecule has 0 saturated carbocycles. The lowest BCUT2D eigenvalue weighted by molar-refractivity contribution is -0.384. The van der Waals surface area contributed by atoms with E-state index in [-0.39, 0.29) is 23.1 Å². The Morgan fingerprint density at radius 2 is 1.74 bits per heavy atom. The van der Waals surface area contributed by atoms with E-state index in [1.165, 1.54) is 11.6 Å². The summed E-state index contributed by atoms with van der Waals surface area (Å²) in [6.07, 6.45) is 0. The molecule has 0 aliphatic carbocycles. The van der Waals surface area contributed by atoms with Gasteiger partial charge >= 0.3 is 0 Å². The SMILES string of the molecule is Cl.NCCN(Cc1ccccc1)Cc1ccc([N+](=O)[O-])c(Cl)c1. The summed E-state index contributed by atoms with van der Waals surface area (Å²) in [6, 6.07) is 14.9. The van der Waals surface area contributed by atoms with Gasteiger partial charge in [0, 0.05) is 32.2 Å². The van der Waals surface area contributed by atoms with E-state index in [2.05, 4.69) is 17.0 Å². The van der Waals surface area contributed by atoms with Crippen molar-refractivity contribution in [3.63, 3.8) is 0 Å². The van der Waals surface area contributed by atoms with Gasteiger partial charge in [0.15, 0.2) is 0 Å². The van der Waals surface area contributed by atoms with Gasteiger partial charge in [0.25, 0.3) is 5.69 Å². The van der Waals surface area contributed by atoms with Gasteiger partial charge in [-0.05, 0) is 17.2 Å². The van der Waals surface area contributed by atoms with Crippen molar-refractivity contribution >= 4 is 29.7 Å². The second-order valence-corrected chi connectivity index (χ2v) is 5.44. The molecule has 0 heterocycles. The molecular formula is C16H19Cl2N3O2. The molecule has 0 atom stereocenters. The van der Waals surface area contributed by atoms with Gasteiger partial charge in [0.2, 0.25) is 0 Å². The summed E-state index contributed by atoms with van der Waals surface area (Å²) in [6.45, 7) is 2.70. The summed E-state index contributed by atoms with van der Waals surface area (Å²) >= 11 is 5.96. The van der Waals surface area contributed by atoms with Crippen molar-refractivity contribution in [1.82, 2.24) is 4.90 Å². The smallest absolute Gasteiger partial charge is 0.287 e. The number of hydrogen-bond acceptors (Lipinski definition) is 4. The number of hydrogen-bond donors (Lipinski definition) is 1. The molecule has 23 heavy (non-hydrogen) atoms. The third-order valence-electron chi connectivity index (χ3n) is 3.31. The molecule has 0 amide bonds. The number of rotatable bonds is 7. The second-order valence-electron chi connectivity index (χ2n) is 5.03. The highest BCUT2D eigenvalue weighted by atomic mass is 35.5. The first-order chi connectivity index (χ1) is 10.6. The number of nitro groups is 1. The Morgan fingerprint density at radius 3 is 2.30 bits per heavy atom. The highest BCUT2D eigenvalue weighted by Gasteiger charge is 2.13. The monoisotopic (exact) mass is 355 g/mol. The molecule has 0 aliphatic rings. The molecule has 0 unspecified atom stereocenters. The molecule has 0 aromatic heterocycles. The first-order valence-electron chi connectivity index (χ1n) is 6.99. The Labute approximate surface area is 146 Å². The molecule has 2 aromatic carbocycles. The summed E-state index contributed by atoms with van der Waals surface area (Å²) in [7, 11) is 0. The van der Waals surface area contributed by atoms with Gasteiger partial charge in [-0.15, -0.1) is 12.4 Å². The predicted octanol–water partition coefficient (Wildman–Crippen LogP) is 3.63. The van der Waals surface area contributed by atoms with Gasteiger partial charge in [0.05, 0.1) is 4.92 Å². The van der Waals surface area contributed by atoms with Crippen LogP contribution in [0.4, 0.5) is 5.69 Å². The van der Waals surface area contributed by atoms with Gasteiger partial charge in [-0.1, -0.05) is 48.0 Å². The zero-order chi connectivity index (χ0) is 15.9. The summed E-state index contributed by atoms with van der Waals surface area (Å²) in [4.78, 5) is 12.5. The Bertz CT molecular complexity index is 638. The second kappa shape index (κ2) is 9.47. The molecule has 2 aromatic rings. The van der Waals surface area contributed by atoms with Crippen LogP contribution in [0.3, 0.4) is 0 Å². The molecular weight excluding hydrogens is 337 g/mol. The maximum absolute atomic E-state index is 10.8. The van der Waals surface area contributed by atoms with Crippen LogP contribution >= 0.6 is 24.0 Å². The minimum absolute atomic E-state index is 0. The third-order valence-corrected chi connectivity index (χ3v) is 3.61. The van der Waals surface area contributed by atoms with Crippen LogP contribution < -0.4 is 5.73 Å². The number of nitro benzene ring substituents is 1.